The third-order valence-electron chi connectivity index (χ3n) is 3.77. The Morgan fingerprint density at radius 3 is 2.73 bits per heavy atom. The Balaban J connectivity index is 2.20. The molecule has 0 aliphatic rings. The Hall–Kier alpha value is -2.51. The van der Waals surface area contributed by atoms with E-state index >= 15 is 0 Å². The highest BCUT2D eigenvalue weighted by Crippen LogP contribution is 2.30. The van der Waals surface area contributed by atoms with Crippen LogP contribution in [0.2, 0.25) is 5.02 Å². The van der Waals surface area contributed by atoms with Gasteiger partial charge in [0.2, 0.25) is 0 Å². The molecule has 2 heterocycles. The van der Waals surface area contributed by atoms with Crippen LogP contribution in [-0.2, 0) is 16.1 Å². The number of nitrogens with zero attached hydrogens (tertiary/aromatic N) is 4. The first kappa shape index (κ1) is 18.3. The van der Waals surface area contributed by atoms with Crippen molar-refractivity contribution in [3.8, 4) is 11.1 Å². The van der Waals surface area contributed by atoms with Crippen LogP contribution in [0.5, 0.6) is 0 Å². The molecule has 3 aromatic rings. The highest BCUT2D eigenvalue weighted by atomic mass is 35.5. The number of hydrogen-bond donors (Lipinski definition) is 0. The van der Waals surface area contributed by atoms with E-state index in [0.29, 0.717) is 22.1 Å². The van der Waals surface area contributed by atoms with Crippen molar-refractivity contribution in [3.05, 3.63) is 46.4 Å². The zero-order valence-electron chi connectivity index (χ0n) is 15.0. The van der Waals surface area contributed by atoms with Gasteiger partial charge >= 0.3 is 5.97 Å². The largest absolute Gasteiger partial charge is 0.458 e. The molecule has 26 heavy (non-hydrogen) atoms. The molecule has 0 atom stereocenters. The van der Waals surface area contributed by atoms with Crippen LogP contribution in [0.1, 0.15) is 35.7 Å². The normalized spacial score (nSPS) is 11.3. The number of aryl methyl sites for hydroxylation is 1. The lowest BCUT2D eigenvalue weighted by molar-refractivity contribution is 0.0367. The number of carbonyl (C=O) groups excluding carboxylic acids is 1. The molecule has 8 heteroatoms. The molecule has 0 amide bonds. The van der Waals surface area contributed by atoms with Gasteiger partial charge in [0.05, 0.1) is 29.7 Å². The first-order valence-corrected chi connectivity index (χ1v) is 8.51. The van der Waals surface area contributed by atoms with Crippen molar-refractivity contribution in [2.24, 2.45) is 0 Å². The average Bonchev–Trinajstić information content (AvgIpc) is 2.94. The maximum atomic E-state index is 12.2. The summed E-state index contributed by atoms with van der Waals surface area (Å²) < 4.78 is 12.1. The first-order valence-electron chi connectivity index (χ1n) is 8.13. The van der Waals surface area contributed by atoms with Crippen molar-refractivity contribution in [3.63, 3.8) is 0 Å². The summed E-state index contributed by atoms with van der Waals surface area (Å²) in [4.78, 5) is 12.2. The molecular formula is C18H19ClN4O3. The summed E-state index contributed by atoms with van der Waals surface area (Å²) in [5, 5.41) is 13.5. The monoisotopic (exact) mass is 374 g/mol. The van der Waals surface area contributed by atoms with E-state index in [1.807, 2.05) is 18.2 Å². The molecule has 0 radical (unpaired) electrons. The van der Waals surface area contributed by atoms with Crippen LogP contribution in [0, 0.1) is 6.92 Å². The zero-order chi connectivity index (χ0) is 18.8. The van der Waals surface area contributed by atoms with Crippen molar-refractivity contribution in [1.29, 1.82) is 0 Å². The second-order valence-corrected chi connectivity index (χ2v) is 6.52. The van der Waals surface area contributed by atoms with Crippen LogP contribution in [-0.4, -0.2) is 39.0 Å². The van der Waals surface area contributed by atoms with E-state index in [4.69, 9.17) is 21.1 Å². The molecule has 1 aromatic carbocycles. The van der Waals surface area contributed by atoms with Crippen molar-refractivity contribution in [2.75, 3.05) is 7.11 Å². The van der Waals surface area contributed by atoms with E-state index in [2.05, 4.69) is 15.3 Å². The van der Waals surface area contributed by atoms with Crippen LogP contribution >= 0.6 is 11.6 Å². The van der Waals surface area contributed by atoms with Crippen LogP contribution in [0.15, 0.2) is 24.3 Å². The van der Waals surface area contributed by atoms with Gasteiger partial charge in [0.1, 0.15) is 0 Å². The van der Waals surface area contributed by atoms with Crippen LogP contribution in [0.25, 0.3) is 16.8 Å². The molecule has 0 spiro atoms. The molecule has 0 aliphatic heterocycles. The molecule has 0 aliphatic carbocycles. The van der Waals surface area contributed by atoms with Gasteiger partial charge < -0.3 is 9.47 Å². The molecule has 0 bridgehead atoms. The Bertz CT molecular complexity index is 968. The van der Waals surface area contributed by atoms with Crippen molar-refractivity contribution < 1.29 is 14.3 Å². The molecule has 136 valence electrons. The maximum Gasteiger partial charge on any atom is 0.361 e. The predicted octanol–water partition coefficient (Wildman–Crippen LogP) is 3.46. The van der Waals surface area contributed by atoms with Crippen molar-refractivity contribution >= 4 is 23.2 Å². The van der Waals surface area contributed by atoms with Gasteiger partial charge in [-0.05, 0) is 38.5 Å². The highest BCUT2D eigenvalue weighted by molar-refractivity contribution is 6.30. The summed E-state index contributed by atoms with van der Waals surface area (Å²) in [5.41, 5.74) is 3.51. The van der Waals surface area contributed by atoms with E-state index in [-0.39, 0.29) is 18.4 Å². The number of benzene rings is 1. The molecule has 0 saturated heterocycles. The van der Waals surface area contributed by atoms with E-state index in [1.54, 1.807) is 38.5 Å². The quantitative estimate of drug-likeness (QED) is 0.636. The van der Waals surface area contributed by atoms with Crippen molar-refractivity contribution in [2.45, 2.75) is 33.5 Å². The predicted molar refractivity (Wildman–Crippen MR) is 97.2 cm³/mol. The summed E-state index contributed by atoms with van der Waals surface area (Å²) in [6, 6.07) is 7.39. The van der Waals surface area contributed by atoms with Gasteiger partial charge in [0, 0.05) is 12.1 Å². The van der Waals surface area contributed by atoms with Gasteiger partial charge in [-0.2, -0.15) is 5.10 Å². The second-order valence-electron chi connectivity index (χ2n) is 6.09. The molecule has 3 rings (SSSR count). The molecule has 7 nitrogen and oxygen atoms in total. The van der Waals surface area contributed by atoms with Gasteiger partial charge in [0.25, 0.3) is 0 Å². The van der Waals surface area contributed by atoms with E-state index in [9.17, 15) is 4.79 Å². The molecule has 0 unspecified atom stereocenters. The topological polar surface area (TPSA) is 78.6 Å². The third-order valence-corrected chi connectivity index (χ3v) is 4.00. The van der Waals surface area contributed by atoms with Gasteiger partial charge in [-0.25, -0.2) is 9.31 Å². The molecule has 2 aromatic heterocycles. The van der Waals surface area contributed by atoms with Crippen LogP contribution in [0.4, 0.5) is 0 Å². The summed E-state index contributed by atoms with van der Waals surface area (Å²) >= 11 is 6.13. The minimum absolute atomic E-state index is 0.135. The number of rotatable bonds is 5. The minimum atomic E-state index is -0.528. The number of fused-ring (bicyclic) bond motifs is 1. The van der Waals surface area contributed by atoms with Gasteiger partial charge in [0.15, 0.2) is 11.3 Å². The van der Waals surface area contributed by atoms with E-state index < -0.39 is 5.97 Å². The van der Waals surface area contributed by atoms with Gasteiger partial charge in [-0.1, -0.05) is 23.7 Å². The summed E-state index contributed by atoms with van der Waals surface area (Å²) in [6.45, 7) is 5.60. The standard InChI is InChI=1S/C18H19ClN4O3/c1-10(2)26-18(24)16-11(3)23-17(21-20-16)15(14(22-23)9-25-4)12-6-5-7-13(19)8-12/h5-8,10H,9H2,1-4H3. The summed E-state index contributed by atoms with van der Waals surface area (Å²) in [5.74, 6) is -0.528. The molecule has 0 fully saturated rings. The fraction of sp³-hybridized carbons (Fsp3) is 0.333. The second kappa shape index (κ2) is 7.39. The number of methoxy groups -OCH3 is 1. The summed E-state index contributed by atoms with van der Waals surface area (Å²) in [6.07, 6.45) is -0.247. The van der Waals surface area contributed by atoms with Crippen LogP contribution in [0.3, 0.4) is 0 Å². The SMILES string of the molecule is COCc1nn2c(C)c(C(=O)OC(C)C)nnc2c1-c1cccc(Cl)c1. The molecular weight excluding hydrogens is 356 g/mol. The van der Waals surface area contributed by atoms with Gasteiger partial charge in [-0.3, -0.25) is 0 Å². The van der Waals surface area contributed by atoms with Gasteiger partial charge in [-0.15, -0.1) is 10.2 Å². The Kier molecular flexibility index (Phi) is 5.20. The van der Waals surface area contributed by atoms with Crippen LogP contribution < -0.4 is 0 Å². The lowest BCUT2D eigenvalue weighted by atomic mass is 10.1. The number of esters is 1. The number of carbonyl (C=O) groups is 1. The van der Waals surface area contributed by atoms with E-state index in [0.717, 1.165) is 11.1 Å². The Labute approximate surface area is 155 Å². The fourth-order valence-electron chi connectivity index (χ4n) is 2.69. The number of hydrogen-bond acceptors (Lipinski definition) is 6. The third kappa shape index (κ3) is 3.40. The molecule has 0 N–H and O–H groups in total. The van der Waals surface area contributed by atoms with E-state index in [1.165, 1.54) is 0 Å². The smallest absolute Gasteiger partial charge is 0.361 e. The zero-order valence-corrected chi connectivity index (χ0v) is 15.7. The summed E-state index contributed by atoms with van der Waals surface area (Å²) in [7, 11) is 1.59. The maximum absolute atomic E-state index is 12.2. The lowest BCUT2D eigenvalue weighted by Crippen LogP contribution is -2.17. The minimum Gasteiger partial charge on any atom is -0.458 e. The number of ether oxygens (including phenoxy) is 2. The Morgan fingerprint density at radius 2 is 2.08 bits per heavy atom. The number of halogens is 1. The Morgan fingerprint density at radius 1 is 1.31 bits per heavy atom. The molecule has 0 saturated carbocycles. The van der Waals surface area contributed by atoms with Crippen molar-refractivity contribution in [1.82, 2.24) is 19.8 Å². The fourth-order valence-corrected chi connectivity index (χ4v) is 2.88. The highest BCUT2D eigenvalue weighted by Gasteiger charge is 2.23. The average molecular weight is 375 g/mol. The first-order chi connectivity index (χ1) is 12.4. The number of aromatic nitrogens is 4. The lowest BCUT2D eigenvalue weighted by Gasteiger charge is -2.09.